The number of rotatable bonds is 7. The molecule has 5 nitrogen and oxygen atoms in total. The lowest BCUT2D eigenvalue weighted by molar-refractivity contribution is 0.0697. The minimum absolute atomic E-state index is 0.104. The van der Waals surface area contributed by atoms with Crippen molar-refractivity contribution < 1.29 is 14.7 Å². The summed E-state index contributed by atoms with van der Waals surface area (Å²) < 4.78 is 0. The number of hydrogen-bond acceptors (Lipinski definition) is 3. The minimum Gasteiger partial charge on any atom is -0.478 e. The molecule has 1 amide bonds. The predicted molar refractivity (Wildman–Crippen MR) is 93.2 cm³/mol. The zero-order valence-electron chi connectivity index (χ0n) is 13.9. The van der Waals surface area contributed by atoms with Crippen LogP contribution in [0.3, 0.4) is 0 Å². The summed E-state index contributed by atoms with van der Waals surface area (Å²) in [6.45, 7) is 0.828. The van der Waals surface area contributed by atoms with E-state index in [1.54, 1.807) is 12.1 Å². The Labute approximate surface area is 141 Å². The van der Waals surface area contributed by atoms with E-state index >= 15 is 0 Å². The highest BCUT2D eigenvalue weighted by Gasteiger charge is 2.17. The summed E-state index contributed by atoms with van der Waals surface area (Å²) in [5, 5.41) is 12.1. The largest absolute Gasteiger partial charge is 0.478 e. The number of aromatic carboxylic acids is 1. The van der Waals surface area contributed by atoms with E-state index in [1.807, 2.05) is 44.4 Å². The number of carbonyl (C=O) groups excluding carboxylic acids is 1. The summed E-state index contributed by atoms with van der Waals surface area (Å²) >= 11 is 0. The Hall–Kier alpha value is -2.66. The number of carboxylic acids is 1. The maximum Gasteiger partial charge on any atom is 0.335 e. The van der Waals surface area contributed by atoms with Crippen molar-refractivity contribution in [2.75, 3.05) is 20.6 Å². The third kappa shape index (κ3) is 4.93. The Morgan fingerprint density at radius 2 is 1.71 bits per heavy atom. The van der Waals surface area contributed by atoms with Gasteiger partial charge in [0, 0.05) is 5.56 Å². The number of amides is 1. The van der Waals surface area contributed by atoms with Crippen molar-refractivity contribution in [1.82, 2.24) is 10.2 Å². The lowest BCUT2D eigenvalue weighted by atomic mass is 10.0. The highest BCUT2D eigenvalue weighted by atomic mass is 16.4. The lowest BCUT2D eigenvalue weighted by Gasteiger charge is -2.21. The first kappa shape index (κ1) is 17.7. The molecule has 2 N–H and O–H groups in total. The average Bonchev–Trinajstić information content (AvgIpc) is 2.59. The third-order valence-electron chi connectivity index (χ3n) is 3.74. The molecule has 0 aliphatic rings. The van der Waals surface area contributed by atoms with Crippen LogP contribution in [0.1, 0.15) is 38.7 Å². The zero-order chi connectivity index (χ0) is 17.5. The van der Waals surface area contributed by atoms with E-state index in [1.165, 1.54) is 12.1 Å². The Morgan fingerprint density at radius 1 is 1.04 bits per heavy atom. The summed E-state index contributed by atoms with van der Waals surface area (Å²) in [6.07, 6.45) is 0.765. The van der Waals surface area contributed by atoms with Crippen LogP contribution in [0, 0.1) is 0 Å². The van der Waals surface area contributed by atoms with Gasteiger partial charge in [0.2, 0.25) is 0 Å². The molecule has 24 heavy (non-hydrogen) atoms. The van der Waals surface area contributed by atoms with Gasteiger partial charge in [0.05, 0.1) is 11.6 Å². The van der Waals surface area contributed by atoms with Gasteiger partial charge in [-0.25, -0.2) is 4.79 Å². The van der Waals surface area contributed by atoms with E-state index in [9.17, 15) is 9.59 Å². The van der Waals surface area contributed by atoms with E-state index in [2.05, 4.69) is 10.2 Å². The molecule has 0 radical (unpaired) electrons. The maximum atomic E-state index is 12.5. The van der Waals surface area contributed by atoms with Crippen LogP contribution in [0.2, 0.25) is 0 Å². The monoisotopic (exact) mass is 326 g/mol. The Balaban J connectivity index is 2.17. The van der Waals surface area contributed by atoms with Crippen LogP contribution in [0.4, 0.5) is 0 Å². The second-order valence-corrected chi connectivity index (χ2v) is 5.91. The van der Waals surface area contributed by atoms with E-state index in [4.69, 9.17) is 5.11 Å². The fourth-order valence-electron chi connectivity index (χ4n) is 2.43. The quantitative estimate of drug-likeness (QED) is 0.821. The summed E-state index contributed by atoms with van der Waals surface area (Å²) in [5.41, 5.74) is 1.48. The topological polar surface area (TPSA) is 69.6 Å². The van der Waals surface area contributed by atoms with Gasteiger partial charge >= 0.3 is 5.97 Å². The van der Waals surface area contributed by atoms with Crippen molar-refractivity contribution in [2.24, 2.45) is 0 Å². The fraction of sp³-hybridized carbons (Fsp3) is 0.263. The smallest absolute Gasteiger partial charge is 0.335 e. The van der Waals surface area contributed by atoms with Gasteiger partial charge < -0.3 is 15.3 Å². The van der Waals surface area contributed by atoms with Gasteiger partial charge in [0.25, 0.3) is 5.91 Å². The molecule has 2 rings (SSSR count). The first-order valence-electron chi connectivity index (χ1n) is 7.81. The summed E-state index contributed by atoms with van der Waals surface area (Å²) in [5.74, 6) is -1.32. The second kappa shape index (κ2) is 8.26. The number of nitrogens with zero attached hydrogens (tertiary/aromatic N) is 1. The molecule has 0 bridgehead atoms. The number of carboxylic acid groups (broad SMARTS) is 1. The Kier molecular flexibility index (Phi) is 6.09. The third-order valence-corrected chi connectivity index (χ3v) is 3.74. The van der Waals surface area contributed by atoms with Gasteiger partial charge in [-0.2, -0.15) is 0 Å². The van der Waals surface area contributed by atoms with Gasteiger partial charge in [-0.3, -0.25) is 4.79 Å². The van der Waals surface area contributed by atoms with Crippen LogP contribution >= 0.6 is 0 Å². The predicted octanol–water partition coefficient (Wildman–Crippen LogP) is 2.81. The van der Waals surface area contributed by atoms with Crippen molar-refractivity contribution in [3.63, 3.8) is 0 Å². The van der Waals surface area contributed by atoms with Crippen LogP contribution in [-0.4, -0.2) is 42.5 Å². The Morgan fingerprint density at radius 3 is 2.33 bits per heavy atom. The molecular formula is C19H22N2O3. The summed E-state index contributed by atoms with van der Waals surface area (Å²) in [4.78, 5) is 25.7. The number of hydrogen-bond donors (Lipinski definition) is 2. The number of carbonyl (C=O) groups is 2. The summed E-state index contributed by atoms with van der Waals surface area (Å²) in [7, 11) is 3.97. The molecule has 1 atom stereocenters. The van der Waals surface area contributed by atoms with Crippen LogP contribution in [0.15, 0.2) is 54.6 Å². The normalized spacial score (nSPS) is 12.0. The molecule has 2 aromatic carbocycles. The molecule has 0 unspecified atom stereocenters. The highest BCUT2D eigenvalue weighted by Crippen LogP contribution is 2.18. The SMILES string of the molecule is CN(C)CC[C@H](NC(=O)c1cccc(C(=O)O)c1)c1ccccc1. The van der Waals surface area contributed by atoms with Gasteiger partial charge in [-0.1, -0.05) is 36.4 Å². The van der Waals surface area contributed by atoms with Crippen molar-refractivity contribution in [2.45, 2.75) is 12.5 Å². The van der Waals surface area contributed by atoms with Gasteiger partial charge in [-0.05, 0) is 50.8 Å². The molecule has 0 aromatic heterocycles. The second-order valence-electron chi connectivity index (χ2n) is 5.91. The van der Waals surface area contributed by atoms with Crippen molar-refractivity contribution in [3.05, 3.63) is 71.3 Å². The minimum atomic E-state index is -1.04. The van der Waals surface area contributed by atoms with Crippen LogP contribution < -0.4 is 5.32 Å². The van der Waals surface area contributed by atoms with Crippen LogP contribution in [0.25, 0.3) is 0 Å². The van der Waals surface area contributed by atoms with E-state index in [0.29, 0.717) is 5.56 Å². The molecule has 126 valence electrons. The molecule has 0 spiro atoms. The van der Waals surface area contributed by atoms with Crippen molar-refractivity contribution >= 4 is 11.9 Å². The van der Waals surface area contributed by atoms with E-state index in [0.717, 1.165) is 18.5 Å². The van der Waals surface area contributed by atoms with E-state index < -0.39 is 5.97 Å². The Bertz CT molecular complexity index is 699. The fourth-order valence-corrected chi connectivity index (χ4v) is 2.43. The first-order valence-corrected chi connectivity index (χ1v) is 7.81. The molecule has 0 saturated carbocycles. The number of nitrogens with one attached hydrogen (secondary N) is 1. The highest BCUT2D eigenvalue weighted by molar-refractivity contribution is 5.97. The van der Waals surface area contributed by atoms with Crippen LogP contribution in [-0.2, 0) is 0 Å². The van der Waals surface area contributed by atoms with Gasteiger partial charge in [0.1, 0.15) is 0 Å². The average molecular weight is 326 g/mol. The molecule has 0 fully saturated rings. The molecule has 2 aromatic rings. The molecule has 0 heterocycles. The lowest BCUT2D eigenvalue weighted by Crippen LogP contribution is -2.31. The summed E-state index contributed by atoms with van der Waals surface area (Å²) in [6, 6.07) is 15.7. The molecule has 0 aliphatic carbocycles. The van der Waals surface area contributed by atoms with Crippen molar-refractivity contribution in [3.8, 4) is 0 Å². The zero-order valence-corrected chi connectivity index (χ0v) is 13.9. The molecular weight excluding hydrogens is 304 g/mol. The van der Waals surface area contributed by atoms with Crippen molar-refractivity contribution in [1.29, 1.82) is 0 Å². The molecule has 0 aliphatic heterocycles. The number of benzene rings is 2. The molecule has 5 heteroatoms. The molecule has 0 saturated heterocycles. The maximum absolute atomic E-state index is 12.5. The first-order chi connectivity index (χ1) is 11.5. The van der Waals surface area contributed by atoms with Crippen LogP contribution in [0.5, 0.6) is 0 Å². The standard InChI is InChI=1S/C19H22N2O3/c1-21(2)12-11-17(14-7-4-3-5-8-14)20-18(22)15-9-6-10-16(13-15)19(23)24/h3-10,13,17H,11-12H2,1-2H3,(H,20,22)(H,23,24)/t17-/m0/s1. The van der Waals surface area contributed by atoms with Gasteiger partial charge in [0.15, 0.2) is 0 Å². The van der Waals surface area contributed by atoms with E-state index in [-0.39, 0.29) is 17.5 Å². The van der Waals surface area contributed by atoms with Gasteiger partial charge in [-0.15, -0.1) is 0 Å².